The molecular weight excluding hydrogens is 358 g/mol. The van der Waals surface area contributed by atoms with Gasteiger partial charge in [0.05, 0.1) is 23.4 Å². The van der Waals surface area contributed by atoms with Gasteiger partial charge in [0.25, 0.3) is 11.2 Å². The number of aromatic nitrogens is 4. The number of nitrogens with zero attached hydrogens (tertiary/aromatic N) is 5. The summed E-state index contributed by atoms with van der Waals surface area (Å²) in [5.41, 5.74) is 4.23. The Hall–Kier alpha value is -3.81. The molecule has 8 heteroatoms. The SMILES string of the molecule is Cc1ccc(-n2ncc3c(=O)n(Cc4ccc([N+](=O)[O-])cc4)cnc32)cc1C. The molecule has 2 aromatic heterocycles. The van der Waals surface area contributed by atoms with Crippen molar-refractivity contribution in [1.82, 2.24) is 19.3 Å². The molecule has 0 aliphatic carbocycles. The third kappa shape index (κ3) is 3.05. The van der Waals surface area contributed by atoms with Crippen molar-refractivity contribution in [2.24, 2.45) is 0 Å². The summed E-state index contributed by atoms with van der Waals surface area (Å²) in [6.45, 7) is 4.33. The molecule has 0 aliphatic heterocycles. The first-order valence-corrected chi connectivity index (χ1v) is 8.68. The molecule has 0 aliphatic rings. The van der Waals surface area contributed by atoms with E-state index in [9.17, 15) is 14.9 Å². The Morgan fingerprint density at radius 2 is 1.82 bits per heavy atom. The molecule has 2 heterocycles. The smallest absolute Gasteiger partial charge is 0.269 e. The minimum atomic E-state index is -0.454. The van der Waals surface area contributed by atoms with E-state index in [2.05, 4.69) is 10.1 Å². The van der Waals surface area contributed by atoms with Crippen molar-refractivity contribution in [2.75, 3.05) is 0 Å². The lowest BCUT2D eigenvalue weighted by Crippen LogP contribution is -2.21. The summed E-state index contributed by atoms with van der Waals surface area (Å²) in [7, 11) is 0. The number of hydrogen-bond acceptors (Lipinski definition) is 5. The number of nitro groups is 1. The lowest BCUT2D eigenvalue weighted by molar-refractivity contribution is -0.384. The zero-order valence-corrected chi connectivity index (χ0v) is 15.4. The van der Waals surface area contributed by atoms with Crippen molar-refractivity contribution in [3.05, 3.63) is 92.1 Å². The summed E-state index contributed by atoms with van der Waals surface area (Å²) in [5.74, 6) is 0. The molecule has 0 spiro atoms. The van der Waals surface area contributed by atoms with E-state index in [1.165, 1.54) is 34.8 Å². The van der Waals surface area contributed by atoms with Crippen molar-refractivity contribution in [2.45, 2.75) is 20.4 Å². The maximum atomic E-state index is 12.8. The van der Waals surface area contributed by atoms with Gasteiger partial charge in [-0.05, 0) is 42.7 Å². The monoisotopic (exact) mass is 375 g/mol. The molecule has 4 aromatic rings. The van der Waals surface area contributed by atoms with Crippen molar-refractivity contribution < 1.29 is 4.92 Å². The van der Waals surface area contributed by atoms with Crippen LogP contribution in [0.1, 0.15) is 16.7 Å². The molecule has 0 radical (unpaired) electrons. The second-order valence-corrected chi connectivity index (χ2v) is 6.66. The Labute approximate surface area is 159 Å². The van der Waals surface area contributed by atoms with Crippen LogP contribution in [0.2, 0.25) is 0 Å². The van der Waals surface area contributed by atoms with Gasteiger partial charge in [0.2, 0.25) is 0 Å². The number of hydrogen-bond donors (Lipinski definition) is 0. The van der Waals surface area contributed by atoms with Gasteiger partial charge in [-0.25, -0.2) is 9.67 Å². The van der Waals surface area contributed by atoms with Gasteiger partial charge < -0.3 is 0 Å². The minimum absolute atomic E-state index is 0.0133. The van der Waals surface area contributed by atoms with E-state index in [-0.39, 0.29) is 17.8 Å². The summed E-state index contributed by atoms with van der Waals surface area (Å²) in [4.78, 5) is 27.6. The van der Waals surface area contributed by atoms with E-state index in [4.69, 9.17) is 0 Å². The molecular formula is C20H17N5O3. The van der Waals surface area contributed by atoms with Crippen molar-refractivity contribution in [3.8, 4) is 5.69 Å². The van der Waals surface area contributed by atoms with Crippen LogP contribution in [-0.2, 0) is 6.54 Å². The normalized spacial score (nSPS) is 11.1. The second kappa shape index (κ2) is 6.73. The first-order chi connectivity index (χ1) is 13.4. The van der Waals surface area contributed by atoms with Crippen LogP contribution in [0.5, 0.6) is 0 Å². The highest BCUT2D eigenvalue weighted by molar-refractivity contribution is 5.75. The Morgan fingerprint density at radius 3 is 2.50 bits per heavy atom. The number of non-ortho nitro benzene ring substituents is 1. The summed E-state index contributed by atoms with van der Waals surface area (Å²) in [5, 5.41) is 15.5. The van der Waals surface area contributed by atoms with Crippen LogP contribution >= 0.6 is 0 Å². The number of fused-ring (bicyclic) bond motifs is 1. The fraction of sp³-hybridized carbons (Fsp3) is 0.150. The lowest BCUT2D eigenvalue weighted by Gasteiger charge is -2.08. The summed E-state index contributed by atoms with van der Waals surface area (Å²) in [6, 6.07) is 12.1. The van der Waals surface area contributed by atoms with Gasteiger partial charge in [0, 0.05) is 12.1 Å². The summed E-state index contributed by atoms with van der Waals surface area (Å²) >= 11 is 0. The van der Waals surface area contributed by atoms with Gasteiger partial charge in [-0.1, -0.05) is 18.2 Å². The molecule has 0 fully saturated rings. The van der Waals surface area contributed by atoms with Gasteiger partial charge in [-0.3, -0.25) is 19.5 Å². The topological polar surface area (TPSA) is 95.8 Å². The zero-order chi connectivity index (χ0) is 19.8. The van der Waals surface area contributed by atoms with Gasteiger partial charge in [0.15, 0.2) is 5.65 Å². The largest absolute Gasteiger partial charge is 0.294 e. The van der Waals surface area contributed by atoms with Gasteiger partial charge in [-0.15, -0.1) is 0 Å². The van der Waals surface area contributed by atoms with Crippen LogP contribution in [-0.4, -0.2) is 24.3 Å². The predicted molar refractivity (Wildman–Crippen MR) is 105 cm³/mol. The van der Waals surface area contributed by atoms with E-state index in [1.807, 2.05) is 32.0 Å². The fourth-order valence-electron chi connectivity index (χ4n) is 3.03. The second-order valence-electron chi connectivity index (χ2n) is 6.66. The van der Waals surface area contributed by atoms with E-state index < -0.39 is 4.92 Å². The van der Waals surface area contributed by atoms with Crippen LogP contribution in [0, 0.1) is 24.0 Å². The molecule has 8 nitrogen and oxygen atoms in total. The third-order valence-electron chi connectivity index (χ3n) is 4.79. The first-order valence-electron chi connectivity index (χ1n) is 8.68. The number of benzene rings is 2. The van der Waals surface area contributed by atoms with Crippen LogP contribution < -0.4 is 5.56 Å². The molecule has 0 atom stereocenters. The summed E-state index contributed by atoms with van der Waals surface area (Å²) < 4.78 is 3.12. The molecule has 2 aromatic carbocycles. The molecule has 28 heavy (non-hydrogen) atoms. The van der Waals surface area contributed by atoms with Crippen molar-refractivity contribution in [1.29, 1.82) is 0 Å². The van der Waals surface area contributed by atoms with Crippen LogP contribution in [0.15, 0.2) is 59.8 Å². The van der Waals surface area contributed by atoms with Gasteiger partial charge in [0.1, 0.15) is 11.7 Å². The third-order valence-corrected chi connectivity index (χ3v) is 4.79. The van der Waals surface area contributed by atoms with Gasteiger partial charge >= 0.3 is 0 Å². The Bertz CT molecular complexity index is 1260. The van der Waals surface area contributed by atoms with Crippen LogP contribution in [0.3, 0.4) is 0 Å². The Balaban J connectivity index is 1.71. The highest BCUT2D eigenvalue weighted by Crippen LogP contribution is 2.17. The molecule has 0 bridgehead atoms. The highest BCUT2D eigenvalue weighted by Gasteiger charge is 2.12. The molecule has 0 saturated heterocycles. The molecule has 0 amide bonds. The molecule has 0 saturated carbocycles. The van der Waals surface area contributed by atoms with E-state index in [0.29, 0.717) is 11.0 Å². The van der Waals surface area contributed by atoms with Crippen molar-refractivity contribution in [3.63, 3.8) is 0 Å². The summed E-state index contributed by atoms with van der Waals surface area (Å²) in [6.07, 6.45) is 3.00. The maximum absolute atomic E-state index is 12.8. The van der Waals surface area contributed by atoms with Crippen LogP contribution in [0.4, 0.5) is 5.69 Å². The average molecular weight is 375 g/mol. The first kappa shape index (κ1) is 17.6. The lowest BCUT2D eigenvalue weighted by atomic mass is 10.1. The number of rotatable bonds is 4. The standard InChI is InChI=1S/C20H17N5O3/c1-13-3-6-17(9-14(13)2)24-19-18(10-22-24)20(26)23(12-21-19)11-15-4-7-16(8-5-15)25(27)28/h3-10,12H,11H2,1-2H3. The molecule has 140 valence electrons. The Morgan fingerprint density at radius 1 is 1.07 bits per heavy atom. The van der Waals surface area contributed by atoms with Gasteiger partial charge in [-0.2, -0.15) is 5.10 Å². The van der Waals surface area contributed by atoms with Crippen molar-refractivity contribution >= 4 is 16.7 Å². The highest BCUT2D eigenvalue weighted by atomic mass is 16.6. The maximum Gasteiger partial charge on any atom is 0.269 e. The fourth-order valence-corrected chi connectivity index (χ4v) is 3.03. The molecule has 4 rings (SSSR count). The van der Waals surface area contributed by atoms with E-state index >= 15 is 0 Å². The van der Waals surface area contributed by atoms with Crippen LogP contribution in [0.25, 0.3) is 16.7 Å². The number of nitro benzene ring substituents is 1. The minimum Gasteiger partial charge on any atom is -0.294 e. The average Bonchev–Trinajstić information content (AvgIpc) is 3.11. The van der Waals surface area contributed by atoms with E-state index in [0.717, 1.165) is 16.8 Å². The van der Waals surface area contributed by atoms with E-state index in [1.54, 1.807) is 16.8 Å². The number of aryl methyl sites for hydroxylation is 2. The Kier molecular flexibility index (Phi) is 4.23. The molecule has 0 N–H and O–H groups in total. The zero-order valence-electron chi connectivity index (χ0n) is 15.4. The predicted octanol–water partition coefficient (Wildman–Crippen LogP) is 3.16. The molecule has 0 unspecified atom stereocenters. The quantitative estimate of drug-likeness (QED) is 0.403.